The van der Waals surface area contributed by atoms with Crippen LogP contribution in [0.5, 0.6) is 0 Å². The Kier molecular flexibility index (Phi) is 27.0. The van der Waals surface area contributed by atoms with Gasteiger partial charge in [-0.25, -0.2) is 14.2 Å². The number of aromatic amines is 4. The summed E-state index contributed by atoms with van der Waals surface area (Å²) in [5.41, 5.74) is 23.4. The Hall–Kier alpha value is -11.0. The number of amides is 4. The van der Waals surface area contributed by atoms with Gasteiger partial charge in [-0.05, 0) is 182 Å². The van der Waals surface area contributed by atoms with Crippen LogP contribution in [0.15, 0.2) is 171 Å². The number of primary amides is 1. The lowest BCUT2D eigenvalue weighted by Gasteiger charge is -2.09. The van der Waals surface area contributed by atoms with Crippen LogP contribution in [0.1, 0.15) is 285 Å². The van der Waals surface area contributed by atoms with E-state index in [1.165, 1.54) is 63.1 Å². The average molecular weight is 1420 g/mol. The largest absolute Gasteiger partial charge is 0.366 e. The molecule has 10 aromatic rings. The van der Waals surface area contributed by atoms with Crippen LogP contribution in [-0.2, 0) is 25.0 Å². The van der Waals surface area contributed by atoms with Crippen molar-refractivity contribution >= 4 is 51.5 Å². The number of halogens is 1. The number of aromatic nitrogens is 6. The molecule has 5 aliphatic rings. The predicted molar refractivity (Wildman–Crippen MR) is 419 cm³/mol. The summed E-state index contributed by atoms with van der Waals surface area (Å²) in [4.78, 5) is 109. The quantitative estimate of drug-likeness (QED) is 0.0676. The maximum absolute atomic E-state index is 13.0. The van der Waals surface area contributed by atoms with Crippen molar-refractivity contribution in [3.8, 4) is 0 Å². The Morgan fingerprint density at radius 3 is 1.68 bits per heavy atom. The van der Waals surface area contributed by atoms with E-state index in [0.717, 1.165) is 69.3 Å². The third kappa shape index (κ3) is 20.3. The summed E-state index contributed by atoms with van der Waals surface area (Å²) < 4.78 is 13.0. The van der Waals surface area contributed by atoms with Gasteiger partial charge >= 0.3 is 5.69 Å². The summed E-state index contributed by atoms with van der Waals surface area (Å²) in [6.45, 7) is 35.0. The van der Waals surface area contributed by atoms with Gasteiger partial charge < -0.3 is 36.6 Å². The number of nitrogens with one attached hydrogen (secondary N) is 7. The van der Waals surface area contributed by atoms with Crippen molar-refractivity contribution in [3.05, 3.63) is 294 Å². The van der Waals surface area contributed by atoms with Crippen LogP contribution >= 0.6 is 0 Å². The SMILES string of the molecule is CC(C)c1cc[nH]c(=O)c1.CC(C)c1ccc(F)c(C(N)=O)c1.CC(C)c1ccc2c(c1)C(=O)NC2.CC(C)c1ccc2c(c1)C(=O)NC21CC1.CC(C)c1cccc2c(=O)[nH]c(=O)[nH]c12.CC(C)c1cccc2c(=O)[nH]cnc12.CC(C)c1cccc2c1CNC2=O.CC(C)c1cnc2c(c1)C=CC2. The standard InChI is InChI=1S/C13H15NO.C11H12N2O2.C11H12N2O.2C11H13NO.C11H13N.C10H12FNO.C8H11NO/c1-8(2)9-3-4-11-10(7-9)12(15)14-13(11)5-6-13;1-6(2)7-4-3-5-8-9(7)12-11(15)13-10(8)14;1-7(2)8-4-3-5-9-10(8)12-6-13-11(9)14;1-7(2)8-3-4-9-6-12-11(13)10(9)5-8;1-7(2)8-4-3-5-9-10(8)6-12-11(9)13;1-8(2)10-6-9-4-3-5-11(9)12-7-10;1-6(2)7-3-4-9(11)8(5-7)10(12)13;1-6(2)7-3-4-9-8(10)5-7/h3-4,7-8H,5-6H2,1-2H3,(H,14,15);3-6H,1-2H3,(H2,12,13,14,15);3-7H,1-2H3,(H,12,13,14);2*3-5,7H,6H2,1-2H3,(H,12,13);3-4,6-8H,5H2,1-2H3;3-6H,1-2H3,(H2,12,13);3-6H,1-2H3,(H,9,10). The first-order valence-electron chi connectivity index (χ1n) is 36.2. The number of nitrogens with zero attached hydrogens (tertiary/aromatic N) is 2. The summed E-state index contributed by atoms with van der Waals surface area (Å²) in [5, 5.41) is 9.94. The molecule has 15 rings (SSSR count). The van der Waals surface area contributed by atoms with Gasteiger partial charge in [0.25, 0.3) is 34.7 Å². The Labute approximate surface area is 613 Å². The molecular formula is C86H101FN10O8. The maximum atomic E-state index is 13.0. The number of carbonyl (C=O) groups is 4. The highest BCUT2D eigenvalue weighted by atomic mass is 19.1. The second-order valence-electron chi connectivity index (χ2n) is 29.4. The maximum Gasteiger partial charge on any atom is 0.326 e. The van der Waals surface area contributed by atoms with E-state index in [1.807, 2.05) is 88.5 Å². The summed E-state index contributed by atoms with van der Waals surface area (Å²) in [7, 11) is 0. The summed E-state index contributed by atoms with van der Waals surface area (Å²) in [6.07, 6.45) is 12.7. The smallest absolute Gasteiger partial charge is 0.326 e. The van der Waals surface area contributed by atoms with Crippen molar-refractivity contribution in [1.82, 2.24) is 45.9 Å². The molecule has 0 bridgehead atoms. The molecule has 9 N–H and O–H groups in total. The normalized spacial score (nSPS) is 13.5. The zero-order valence-corrected chi connectivity index (χ0v) is 63.3. The molecule has 1 saturated carbocycles. The molecule has 0 radical (unpaired) electrons. The molecule has 3 aliphatic heterocycles. The number of hydrogen-bond donors (Lipinski definition) is 8. The van der Waals surface area contributed by atoms with Gasteiger partial charge in [-0.1, -0.05) is 190 Å². The Morgan fingerprint density at radius 1 is 0.505 bits per heavy atom. The monoisotopic (exact) mass is 1420 g/mol. The minimum atomic E-state index is -0.722. The van der Waals surface area contributed by atoms with Crippen molar-refractivity contribution in [1.29, 1.82) is 0 Å². The zero-order valence-electron chi connectivity index (χ0n) is 63.3. The number of allylic oxidation sites excluding steroid dienone is 1. The van der Waals surface area contributed by atoms with Gasteiger partial charge in [0.05, 0.1) is 44.9 Å². The Balaban J connectivity index is 0.000000152. The molecule has 1 spiro atoms. The first-order chi connectivity index (χ1) is 49.8. The molecule has 0 unspecified atom stereocenters. The van der Waals surface area contributed by atoms with E-state index in [-0.39, 0.29) is 57.3 Å². The van der Waals surface area contributed by atoms with E-state index in [9.17, 15) is 42.7 Å². The van der Waals surface area contributed by atoms with Gasteiger partial charge in [0.2, 0.25) is 5.56 Å². The molecule has 6 aromatic carbocycles. The second kappa shape index (κ2) is 35.5. The summed E-state index contributed by atoms with van der Waals surface area (Å²) in [5.74, 6) is 2.36. The molecule has 4 aromatic heterocycles. The number of H-pyrrole nitrogens is 4. The fraction of sp³-hybridized carbons (Fsp3) is 0.349. The number of hydrogen-bond acceptors (Lipinski definition) is 10. The molecule has 550 valence electrons. The van der Waals surface area contributed by atoms with E-state index in [1.54, 1.807) is 30.5 Å². The van der Waals surface area contributed by atoms with Crippen LogP contribution < -0.4 is 44.1 Å². The number of rotatable bonds is 9. The number of fused-ring (bicyclic) bond motifs is 7. The van der Waals surface area contributed by atoms with Crippen LogP contribution in [0.3, 0.4) is 0 Å². The summed E-state index contributed by atoms with van der Waals surface area (Å²) >= 11 is 0. The Morgan fingerprint density at radius 2 is 1.07 bits per heavy atom. The summed E-state index contributed by atoms with van der Waals surface area (Å²) in [6, 6.07) is 39.8. The molecule has 2 aliphatic carbocycles. The number of carbonyl (C=O) groups excluding carboxylic acids is 4. The lowest BCUT2D eigenvalue weighted by atomic mass is 9.95. The number of pyridine rings is 2. The molecule has 19 heteroatoms. The van der Waals surface area contributed by atoms with Crippen LogP contribution in [0, 0.1) is 5.82 Å². The van der Waals surface area contributed by atoms with E-state index >= 15 is 0 Å². The van der Waals surface area contributed by atoms with E-state index < -0.39 is 17.4 Å². The van der Waals surface area contributed by atoms with Crippen LogP contribution in [0.2, 0.25) is 0 Å². The van der Waals surface area contributed by atoms with E-state index in [0.29, 0.717) is 64.9 Å². The Bertz CT molecular complexity index is 5050. The minimum absolute atomic E-state index is 0.0220. The molecule has 18 nitrogen and oxygen atoms in total. The van der Waals surface area contributed by atoms with Gasteiger partial charge in [0, 0.05) is 54.7 Å². The van der Waals surface area contributed by atoms with Crippen molar-refractivity contribution in [2.24, 2.45) is 5.73 Å². The first-order valence-corrected chi connectivity index (χ1v) is 36.2. The fourth-order valence-electron chi connectivity index (χ4n) is 12.5. The molecule has 105 heavy (non-hydrogen) atoms. The van der Waals surface area contributed by atoms with Gasteiger partial charge in [-0.3, -0.25) is 43.5 Å². The third-order valence-corrected chi connectivity index (χ3v) is 19.0. The van der Waals surface area contributed by atoms with Crippen LogP contribution in [0.25, 0.3) is 27.9 Å². The van der Waals surface area contributed by atoms with Gasteiger partial charge in [0.1, 0.15) is 5.82 Å². The number of benzene rings is 6. The van der Waals surface area contributed by atoms with Crippen molar-refractivity contribution in [2.75, 3.05) is 0 Å². The number of nitrogens with two attached hydrogens (primary N) is 1. The van der Waals surface area contributed by atoms with Gasteiger partial charge in [0.15, 0.2) is 0 Å². The second-order valence-corrected chi connectivity index (χ2v) is 29.4. The minimum Gasteiger partial charge on any atom is -0.366 e. The predicted octanol–water partition coefficient (Wildman–Crippen LogP) is 16.4. The molecule has 7 heterocycles. The number of para-hydroxylation sites is 2. The van der Waals surface area contributed by atoms with Crippen molar-refractivity contribution < 1.29 is 23.6 Å². The third-order valence-electron chi connectivity index (χ3n) is 19.0. The van der Waals surface area contributed by atoms with Crippen LogP contribution in [-0.4, -0.2) is 53.5 Å². The van der Waals surface area contributed by atoms with E-state index in [2.05, 4.69) is 177 Å². The molecule has 1 fully saturated rings. The van der Waals surface area contributed by atoms with E-state index in [4.69, 9.17) is 5.73 Å². The zero-order chi connectivity index (χ0) is 76.7. The van der Waals surface area contributed by atoms with Gasteiger partial charge in [-0.2, -0.15) is 0 Å². The topological polar surface area (TPSA) is 288 Å². The van der Waals surface area contributed by atoms with Crippen LogP contribution in [0.4, 0.5) is 4.39 Å². The average Bonchev–Trinajstić information content (AvgIpc) is 1.57. The lowest BCUT2D eigenvalue weighted by Crippen LogP contribution is -2.25. The molecule has 0 atom stereocenters. The van der Waals surface area contributed by atoms with Gasteiger partial charge in [-0.15, -0.1) is 0 Å². The lowest BCUT2D eigenvalue weighted by molar-refractivity contribution is 0.0947. The van der Waals surface area contributed by atoms with Crippen molar-refractivity contribution in [3.63, 3.8) is 0 Å². The first kappa shape index (κ1) is 79.7. The highest BCUT2D eigenvalue weighted by molar-refractivity contribution is 6.01. The van der Waals surface area contributed by atoms with Crippen molar-refractivity contribution in [2.45, 2.75) is 196 Å². The fourth-order valence-corrected chi connectivity index (χ4v) is 12.5. The molecule has 0 saturated heterocycles. The highest BCUT2D eigenvalue weighted by Gasteiger charge is 2.52. The molecule has 4 amide bonds. The molecular weight excluding hydrogens is 1320 g/mol. The highest BCUT2D eigenvalue weighted by Crippen LogP contribution is 2.50.